The van der Waals surface area contributed by atoms with E-state index < -0.39 is 0 Å². The number of fused-ring (bicyclic) bond motifs is 1. The van der Waals surface area contributed by atoms with Crippen LogP contribution in [0, 0.1) is 17.8 Å². The van der Waals surface area contributed by atoms with Crippen LogP contribution in [0.5, 0.6) is 0 Å². The first-order valence-electron chi connectivity index (χ1n) is 7.08. The van der Waals surface area contributed by atoms with Crippen molar-refractivity contribution in [1.29, 1.82) is 0 Å². The highest BCUT2D eigenvalue weighted by molar-refractivity contribution is 4.92. The first-order chi connectivity index (χ1) is 7.35. The minimum Gasteiger partial charge on any atom is -0.314 e. The van der Waals surface area contributed by atoms with Gasteiger partial charge in [-0.05, 0) is 56.4 Å². The molecule has 0 aliphatic heterocycles. The molecule has 3 unspecified atom stereocenters. The van der Waals surface area contributed by atoms with Crippen molar-refractivity contribution in [2.45, 2.75) is 64.8 Å². The average molecular weight is 209 g/mol. The fraction of sp³-hybridized carbons (Fsp3) is 1.00. The van der Waals surface area contributed by atoms with Crippen molar-refractivity contribution in [2.24, 2.45) is 17.8 Å². The summed E-state index contributed by atoms with van der Waals surface area (Å²) in [4.78, 5) is 0. The molecule has 2 aliphatic carbocycles. The molecule has 0 spiro atoms. The first kappa shape index (κ1) is 11.4. The maximum Gasteiger partial charge on any atom is 0.00671 e. The van der Waals surface area contributed by atoms with Crippen LogP contribution in [0.3, 0.4) is 0 Å². The molecule has 0 radical (unpaired) electrons. The van der Waals surface area contributed by atoms with E-state index in [1.165, 1.54) is 38.5 Å². The van der Waals surface area contributed by atoms with Gasteiger partial charge in [0.1, 0.15) is 0 Å². The van der Waals surface area contributed by atoms with Crippen molar-refractivity contribution in [3.63, 3.8) is 0 Å². The summed E-state index contributed by atoms with van der Waals surface area (Å²) in [5, 5.41) is 3.64. The third-order valence-electron chi connectivity index (χ3n) is 4.70. The fourth-order valence-electron chi connectivity index (χ4n) is 3.88. The second-order valence-corrected chi connectivity index (χ2v) is 5.62. The Kier molecular flexibility index (Phi) is 4.07. The lowest BCUT2D eigenvalue weighted by Crippen LogP contribution is -2.35. The molecule has 0 aromatic heterocycles. The van der Waals surface area contributed by atoms with E-state index in [0.717, 1.165) is 30.3 Å². The standard InChI is InChI=1S/C14H27N/c1-3-5-11-10-12-6-7-13(15-4-2)8-9-14(11)12/h11-15H,3-10H2,1-2H3/t11-,12?,13?,14?/m0/s1. The van der Waals surface area contributed by atoms with Gasteiger partial charge in [-0.25, -0.2) is 0 Å². The normalized spacial score (nSPS) is 40.4. The molecule has 0 aromatic rings. The molecule has 2 saturated carbocycles. The van der Waals surface area contributed by atoms with E-state index in [1.54, 1.807) is 6.42 Å². The Bertz CT molecular complexity index is 186. The second kappa shape index (κ2) is 5.34. The summed E-state index contributed by atoms with van der Waals surface area (Å²) in [6.07, 6.45) is 10.3. The van der Waals surface area contributed by atoms with Crippen molar-refractivity contribution in [3.8, 4) is 0 Å². The maximum atomic E-state index is 3.64. The summed E-state index contributed by atoms with van der Waals surface area (Å²) in [5.74, 6) is 3.30. The van der Waals surface area contributed by atoms with Crippen LogP contribution >= 0.6 is 0 Å². The third kappa shape index (κ3) is 2.55. The summed E-state index contributed by atoms with van der Waals surface area (Å²) in [7, 11) is 0. The molecule has 2 fully saturated rings. The lowest BCUT2D eigenvalue weighted by atomic mass is 9.61. The van der Waals surface area contributed by atoms with Gasteiger partial charge >= 0.3 is 0 Å². The highest BCUT2D eigenvalue weighted by atomic mass is 14.9. The largest absolute Gasteiger partial charge is 0.314 e. The molecule has 0 heterocycles. The Morgan fingerprint density at radius 3 is 2.60 bits per heavy atom. The van der Waals surface area contributed by atoms with Gasteiger partial charge in [0.25, 0.3) is 0 Å². The molecule has 1 heteroatoms. The van der Waals surface area contributed by atoms with Crippen molar-refractivity contribution in [3.05, 3.63) is 0 Å². The van der Waals surface area contributed by atoms with E-state index in [4.69, 9.17) is 0 Å². The molecule has 1 nitrogen and oxygen atoms in total. The van der Waals surface area contributed by atoms with Crippen molar-refractivity contribution < 1.29 is 0 Å². The van der Waals surface area contributed by atoms with Gasteiger partial charge in [0, 0.05) is 6.04 Å². The minimum absolute atomic E-state index is 0.836. The van der Waals surface area contributed by atoms with Crippen LogP contribution in [0.4, 0.5) is 0 Å². The number of nitrogens with one attached hydrogen (secondary N) is 1. The van der Waals surface area contributed by atoms with Crippen LogP contribution in [0.25, 0.3) is 0 Å². The number of hydrogen-bond donors (Lipinski definition) is 1. The highest BCUT2D eigenvalue weighted by Crippen LogP contribution is 2.49. The van der Waals surface area contributed by atoms with Gasteiger partial charge in [0.05, 0.1) is 0 Å². The fourth-order valence-corrected chi connectivity index (χ4v) is 3.88. The van der Waals surface area contributed by atoms with Gasteiger partial charge in [0.2, 0.25) is 0 Å². The summed E-state index contributed by atoms with van der Waals surface area (Å²) >= 11 is 0. The van der Waals surface area contributed by atoms with Crippen LogP contribution in [0.15, 0.2) is 0 Å². The number of hydrogen-bond acceptors (Lipinski definition) is 1. The molecule has 88 valence electrons. The van der Waals surface area contributed by atoms with E-state index in [9.17, 15) is 0 Å². The predicted molar refractivity (Wildman–Crippen MR) is 65.9 cm³/mol. The van der Waals surface area contributed by atoms with Gasteiger partial charge in [-0.2, -0.15) is 0 Å². The van der Waals surface area contributed by atoms with E-state index in [2.05, 4.69) is 19.2 Å². The summed E-state index contributed by atoms with van der Waals surface area (Å²) in [6.45, 7) is 5.73. The van der Waals surface area contributed by atoms with Crippen LogP contribution in [0.1, 0.15) is 58.8 Å². The van der Waals surface area contributed by atoms with Crippen LogP contribution in [-0.2, 0) is 0 Å². The number of rotatable bonds is 4. The Hall–Kier alpha value is -0.0400. The molecule has 2 rings (SSSR count). The zero-order chi connectivity index (χ0) is 10.7. The lowest BCUT2D eigenvalue weighted by molar-refractivity contribution is 0.0568. The smallest absolute Gasteiger partial charge is 0.00671 e. The molecule has 4 atom stereocenters. The molecular formula is C14H27N. The van der Waals surface area contributed by atoms with E-state index >= 15 is 0 Å². The molecule has 0 saturated heterocycles. The zero-order valence-electron chi connectivity index (χ0n) is 10.5. The van der Waals surface area contributed by atoms with Gasteiger partial charge in [0.15, 0.2) is 0 Å². The average Bonchev–Trinajstić information content (AvgIpc) is 2.36. The van der Waals surface area contributed by atoms with Crippen LogP contribution in [-0.4, -0.2) is 12.6 Å². The van der Waals surface area contributed by atoms with Gasteiger partial charge < -0.3 is 5.32 Å². The molecule has 15 heavy (non-hydrogen) atoms. The molecule has 0 bridgehead atoms. The quantitative estimate of drug-likeness (QED) is 0.746. The summed E-state index contributed by atoms with van der Waals surface area (Å²) in [6, 6.07) is 0.836. The Balaban J connectivity index is 1.80. The monoisotopic (exact) mass is 209 g/mol. The van der Waals surface area contributed by atoms with Crippen molar-refractivity contribution in [1.82, 2.24) is 5.32 Å². The Morgan fingerprint density at radius 2 is 1.87 bits per heavy atom. The second-order valence-electron chi connectivity index (χ2n) is 5.62. The molecule has 2 aliphatic rings. The Labute approximate surface area is 95.0 Å². The van der Waals surface area contributed by atoms with Gasteiger partial charge in [-0.3, -0.25) is 0 Å². The van der Waals surface area contributed by atoms with Gasteiger partial charge in [-0.15, -0.1) is 0 Å². The van der Waals surface area contributed by atoms with Crippen molar-refractivity contribution in [2.75, 3.05) is 6.54 Å². The molecule has 0 aromatic carbocycles. The highest BCUT2D eigenvalue weighted by Gasteiger charge is 2.41. The third-order valence-corrected chi connectivity index (χ3v) is 4.70. The zero-order valence-corrected chi connectivity index (χ0v) is 10.5. The molecule has 1 N–H and O–H groups in total. The van der Waals surface area contributed by atoms with Crippen LogP contribution in [0.2, 0.25) is 0 Å². The van der Waals surface area contributed by atoms with E-state index in [-0.39, 0.29) is 0 Å². The summed E-state index contributed by atoms with van der Waals surface area (Å²) in [5.41, 5.74) is 0. The first-order valence-corrected chi connectivity index (χ1v) is 7.08. The predicted octanol–water partition coefficient (Wildman–Crippen LogP) is 3.59. The van der Waals surface area contributed by atoms with Crippen molar-refractivity contribution >= 4 is 0 Å². The minimum atomic E-state index is 0.836. The van der Waals surface area contributed by atoms with Gasteiger partial charge in [-0.1, -0.05) is 26.7 Å². The Morgan fingerprint density at radius 1 is 1.07 bits per heavy atom. The van der Waals surface area contributed by atoms with E-state index in [0.29, 0.717) is 0 Å². The SMILES string of the molecule is CCC[C@H]1CC2CCC(NCC)CCC21. The molecular weight excluding hydrogens is 182 g/mol. The summed E-state index contributed by atoms with van der Waals surface area (Å²) < 4.78 is 0. The molecule has 0 amide bonds. The topological polar surface area (TPSA) is 12.0 Å². The van der Waals surface area contributed by atoms with E-state index in [1.807, 2.05) is 0 Å². The lowest BCUT2D eigenvalue weighted by Gasteiger charge is -2.44. The van der Waals surface area contributed by atoms with Crippen LogP contribution < -0.4 is 5.32 Å². The maximum absolute atomic E-state index is 3.64.